The Morgan fingerprint density at radius 2 is 2.00 bits per heavy atom. The van der Waals surface area contributed by atoms with Gasteiger partial charge in [-0.3, -0.25) is 0 Å². The number of allylic oxidation sites excluding steroid dienone is 2. The van der Waals surface area contributed by atoms with E-state index < -0.39 is 0 Å². The van der Waals surface area contributed by atoms with Crippen molar-refractivity contribution in [1.29, 1.82) is 0 Å². The van der Waals surface area contributed by atoms with Crippen LogP contribution in [0.2, 0.25) is 0 Å². The van der Waals surface area contributed by atoms with Crippen molar-refractivity contribution in [1.82, 2.24) is 10.2 Å². The van der Waals surface area contributed by atoms with E-state index in [9.17, 15) is 0 Å². The lowest BCUT2D eigenvalue weighted by molar-refractivity contribution is 0.464. The van der Waals surface area contributed by atoms with Gasteiger partial charge in [0.1, 0.15) is 0 Å². The van der Waals surface area contributed by atoms with Gasteiger partial charge in [-0.2, -0.15) is 10.2 Å². The van der Waals surface area contributed by atoms with Crippen molar-refractivity contribution in [2.45, 2.75) is 25.2 Å². The van der Waals surface area contributed by atoms with Crippen LogP contribution in [0.5, 0.6) is 0 Å². The van der Waals surface area contributed by atoms with Gasteiger partial charge in [0.05, 0.1) is 5.69 Å². The number of rotatable bonds is 5. The summed E-state index contributed by atoms with van der Waals surface area (Å²) >= 11 is 0. The molecule has 0 amide bonds. The average Bonchev–Trinajstić information content (AvgIpc) is 2.20. The minimum Gasteiger partial charge on any atom is -0.159 e. The van der Waals surface area contributed by atoms with Gasteiger partial charge in [-0.1, -0.05) is 19.1 Å². The molecule has 0 atom stereocenters. The Bertz CT molecular complexity index is 293. The summed E-state index contributed by atoms with van der Waals surface area (Å²) in [6.07, 6.45) is 7.29. The van der Waals surface area contributed by atoms with E-state index in [2.05, 4.69) is 30.3 Å². The smallest absolute Gasteiger partial charge is 0.0696 e. The summed E-state index contributed by atoms with van der Waals surface area (Å²) in [5, 5.41) is 8.04. The first-order chi connectivity index (χ1) is 6.73. The minimum atomic E-state index is -0.0161. The van der Waals surface area contributed by atoms with Crippen LogP contribution in [-0.4, -0.2) is 10.2 Å². The van der Waals surface area contributed by atoms with Crippen molar-refractivity contribution in [2.24, 2.45) is 0 Å². The van der Waals surface area contributed by atoms with Gasteiger partial charge in [0, 0.05) is 11.6 Å². The Morgan fingerprint density at radius 1 is 1.36 bits per heavy atom. The Balaban J connectivity index is 2.98. The molecule has 0 aromatic carbocycles. The second-order valence-corrected chi connectivity index (χ2v) is 3.66. The Labute approximate surface area is 85.4 Å². The zero-order valence-corrected chi connectivity index (χ0v) is 8.61. The fourth-order valence-electron chi connectivity index (χ4n) is 1.55. The predicted octanol–water partition coefficient (Wildman–Crippen LogP) is 2.89. The normalized spacial score (nSPS) is 10.9. The molecular formula is C12H16N2. The Morgan fingerprint density at radius 3 is 2.43 bits per heavy atom. The molecule has 14 heavy (non-hydrogen) atoms. The lowest BCUT2D eigenvalue weighted by Gasteiger charge is -2.25. The van der Waals surface area contributed by atoms with Crippen molar-refractivity contribution in [3.63, 3.8) is 0 Å². The SMILES string of the molecule is C=CCC(C)(CC=C)c1cccnn1. The molecule has 0 fully saturated rings. The van der Waals surface area contributed by atoms with E-state index in [0.717, 1.165) is 18.5 Å². The van der Waals surface area contributed by atoms with E-state index in [4.69, 9.17) is 0 Å². The first kappa shape index (κ1) is 10.6. The van der Waals surface area contributed by atoms with Crippen LogP contribution in [0.25, 0.3) is 0 Å². The predicted molar refractivity (Wildman–Crippen MR) is 59.0 cm³/mol. The van der Waals surface area contributed by atoms with Crippen LogP contribution in [0, 0.1) is 0 Å². The summed E-state index contributed by atoms with van der Waals surface area (Å²) in [5.74, 6) is 0. The Kier molecular flexibility index (Phi) is 3.57. The topological polar surface area (TPSA) is 25.8 Å². The van der Waals surface area contributed by atoms with Gasteiger partial charge in [0.2, 0.25) is 0 Å². The van der Waals surface area contributed by atoms with Crippen LogP contribution in [-0.2, 0) is 5.41 Å². The highest BCUT2D eigenvalue weighted by Gasteiger charge is 2.25. The van der Waals surface area contributed by atoms with E-state index in [-0.39, 0.29) is 5.41 Å². The summed E-state index contributed by atoms with van der Waals surface area (Å²) in [5.41, 5.74) is 0.984. The highest BCUT2D eigenvalue weighted by atomic mass is 15.1. The third kappa shape index (κ3) is 2.28. The number of hydrogen-bond acceptors (Lipinski definition) is 2. The van der Waals surface area contributed by atoms with Gasteiger partial charge in [-0.05, 0) is 25.0 Å². The quantitative estimate of drug-likeness (QED) is 0.664. The van der Waals surface area contributed by atoms with Crippen LogP contribution in [0.1, 0.15) is 25.5 Å². The van der Waals surface area contributed by atoms with Crippen molar-refractivity contribution in [2.75, 3.05) is 0 Å². The molecular weight excluding hydrogens is 172 g/mol. The Hall–Kier alpha value is -1.44. The molecule has 0 aliphatic carbocycles. The fourth-order valence-corrected chi connectivity index (χ4v) is 1.55. The van der Waals surface area contributed by atoms with Crippen LogP contribution in [0.4, 0.5) is 0 Å². The molecule has 1 rings (SSSR count). The number of hydrogen-bond donors (Lipinski definition) is 0. The molecule has 0 saturated carbocycles. The molecule has 0 aliphatic rings. The molecule has 0 radical (unpaired) electrons. The molecule has 0 bridgehead atoms. The van der Waals surface area contributed by atoms with Crippen molar-refractivity contribution in [3.05, 3.63) is 49.3 Å². The highest BCUT2D eigenvalue weighted by Crippen LogP contribution is 2.29. The van der Waals surface area contributed by atoms with E-state index in [0.29, 0.717) is 0 Å². The molecule has 2 heteroatoms. The first-order valence-electron chi connectivity index (χ1n) is 4.73. The summed E-state index contributed by atoms with van der Waals surface area (Å²) < 4.78 is 0. The van der Waals surface area contributed by atoms with Gasteiger partial charge in [0.15, 0.2) is 0 Å². The summed E-state index contributed by atoms with van der Waals surface area (Å²) in [4.78, 5) is 0. The highest BCUT2D eigenvalue weighted by molar-refractivity contribution is 5.16. The van der Waals surface area contributed by atoms with Crippen molar-refractivity contribution in [3.8, 4) is 0 Å². The fraction of sp³-hybridized carbons (Fsp3) is 0.333. The molecule has 1 aromatic heterocycles. The molecule has 1 aromatic rings. The van der Waals surface area contributed by atoms with Gasteiger partial charge in [0.25, 0.3) is 0 Å². The first-order valence-corrected chi connectivity index (χ1v) is 4.73. The van der Waals surface area contributed by atoms with E-state index in [1.807, 2.05) is 24.3 Å². The monoisotopic (exact) mass is 188 g/mol. The second kappa shape index (κ2) is 4.70. The van der Waals surface area contributed by atoms with Crippen LogP contribution in [0.15, 0.2) is 43.6 Å². The standard InChI is InChI=1S/C12H16N2/c1-4-8-12(3,9-5-2)11-7-6-10-13-14-11/h4-7,10H,1-2,8-9H2,3H3. The van der Waals surface area contributed by atoms with E-state index in [1.165, 1.54) is 0 Å². The van der Waals surface area contributed by atoms with Crippen LogP contribution < -0.4 is 0 Å². The molecule has 0 saturated heterocycles. The summed E-state index contributed by atoms with van der Waals surface area (Å²) in [6.45, 7) is 9.70. The third-order valence-corrected chi connectivity index (χ3v) is 2.38. The van der Waals surface area contributed by atoms with Gasteiger partial charge < -0.3 is 0 Å². The third-order valence-electron chi connectivity index (χ3n) is 2.38. The van der Waals surface area contributed by atoms with Gasteiger partial charge in [-0.25, -0.2) is 0 Å². The average molecular weight is 188 g/mol. The van der Waals surface area contributed by atoms with Crippen LogP contribution >= 0.6 is 0 Å². The molecule has 2 nitrogen and oxygen atoms in total. The summed E-state index contributed by atoms with van der Waals surface area (Å²) in [7, 11) is 0. The molecule has 0 spiro atoms. The maximum atomic E-state index is 4.14. The molecule has 1 heterocycles. The maximum absolute atomic E-state index is 4.14. The van der Waals surface area contributed by atoms with E-state index >= 15 is 0 Å². The largest absolute Gasteiger partial charge is 0.159 e. The number of nitrogens with zero attached hydrogens (tertiary/aromatic N) is 2. The molecule has 0 N–H and O–H groups in total. The van der Waals surface area contributed by atoms with Gasteiger partial charge >= 0.3 is 0 Å². The molecule has 0 aliphatic heterocycles. The van der Waals surface area contributed by atoms with Gasteiger partial charge in [-0.15, -0.1) is 13.2 Å². The lowest BCUT2D eigenvalue weighted by Crippen LogP contribution is -2.22. The zero-order valence-electron chi connectivity index (χ0n) is 8.61. The second-order valence-electron chi connectivity index (χ2n) is 3.66. The van der Waals surface area contributed by atoms with Crippen molar-refractivity contribution < 1.29 is 0 Å². The number of aromatic nitrogens is 2. The summed E-state index contributed by atoms with van der Waals surface area (Å²) in [6, 6.07) is 3.91. The maximum Gasteiger partial charge on any atom is 0.0696 e. The molecule has 74 valence electrons. The van der Waals surface area contributed by atoms with E-state index in [1.54, 1.807) is 6.20 Å². The van der Waals surface area contributed by atoms with Crippen molar-refractivity contribution >= 4 is 0 Å². The zero-order chi connectivity index (χ0) is 10.4. The van der Waals surface area contributed by atoms with Crippen LogP contribution in [0.3, 0.4) is 0 Å². The molecule has 0 unspecified atom stereocenters. The minimum absolute atomic E-state index is 0.0161. The lowest BCUT2D eigenvalue weighted by atomic mass is 9.80.